The van der Waals surface area contributed by atoms with Crippen LogP contribution in [0, 0.1) is 0 Å². The lowest BCUT2D eigenvalue weighted by atomic mass is 10.2. The van der Waals surface area contributed by atoms with Gasteiger partial charge in [0.2, 0.25) is 0 Å². The van der Waals surface area contributed by atoms with Gasteiger partial charge in [0.05, 0.1) is 5.69 Å². The van der Waals surface area contributed by atoms with Crippen molar-refractivity contribution >= 4 is 26.8 Å². The molecule has 0 spiro atoms. The van der Waals surface area contributed by atoms with Crippen LogP contribution >= 0.6 is 15.9 Å². The van der Waals surface area contributed by atoms with Crippen molar-refractivity contribution in [2.24, 2.45) is 0 Å². The Morgan fingerprint density at radius 2 is 1.95 bits per heavy atom. The van der Waals surface area contributed by atoms with Crippen molar-refractivity contribution in [3.8, 4) is 0 Å². The van der Waals surface area contributed by atoms with E-state index in [9.17, 15) is 0 Å². The SMILES string of the molecule is Brc1cn(CCNCc2ccccn2)c2ccccc12. The highest BCUT2D eigenvalue weighted by Gasteiger charge is 2.04. The van der Waals surface area contributed by atoms with Crippen LogP contribution in [0.5, 0.6) is 0 Å². The van der Waals surface area contributed by atoms with Crippen LogP contribution in [0.3, 0.4) is 0 Å². The van der Waals surface area contributed by atoms with Crippen LogP contribution < -0.4 is 5.32 Å². The largest absolute Gasteiger partial charge is 0.345 e. The van der Waals surface area contributed by atoms with E-state index in [1.165, 1.54) is 10.9 Å². The predicted octanol–water partition coefficient (Wildman–Crippen LogP) is 3.59. The lowest BCUT2D eigenvalue weighted by Crippen LogP contribution is -2.19. The summed E-state index contributed by atoms with van der Waals surface area (Å²) in [4.78, 5) is 4.30. The first-order valence-corrected chi connectivity index (χ1v) is 7.48. The van der Waals surface area contributed by atoms with Crippen LogP contribution in [-0.4, -0.2) is 16.1 Å². The molecule has 0 unspecified atom stereocenters. The van der Waals surface area contributed by atoms with Gasteiger partial charge in [0.25, 0.3) is 0 Å². The minimum Gasteiger partial charge on any atom is -0.345 e. The van der Waals surface area contributed by atoms with Gasteiger partial charge in [0.1, 0.15) is 0 Å². The molecule has 3 nitrogen and oxygen atoms in total. The molecule has 3 rings (SSSR count). The number of nitrogens with one attached hydrogen (secondary N) is 1. The van der Waals surface area contributed by atoms with E-state index >= 15 is 0 Å². The highest BCUT2D eigenvalue weighted by Crippen LogP contribution is 2.25. The number of hydrogen-bond donors (Lipinski definition) is 1. The summed E-state index contributed by atoms with van der Waals surface area (Å²) in [6.45, 7) is 2.67. The number of benzene rings is 1. The van der Waals surface area contributed by atoms with Gasteiger partial charge in [-0.2, -0.15) is 0 Å². The summed E-state index contributed by atoms with van der Waals surface area (Å²) in [5.74, 6) is 0. The van der Waals surface area contributed by atoms with E-state index in [-0.39, 0.29) is 0 Å². The Morgan fingerprint density at radius 3 is 2.80 bits per heavy atom. The molecular weight excluding hydrogens is 314 g/mol. The van der Waals surface area contributed by atoms with Gasteiger partial charge in [-0.25, -0.2) is 0 Å². The molecule has 0 aliphatic carbocycles. The molecule has 0 saturated heterocycles. The zero-order valence-electron chi connectivity index (χ0n) is 11.1. The van der Waals surface area contributed by atoms with Crippen LogP contribution in [0.1, 0.15) is 5.69 Å². The Bertz CT molecular complexity index is 691. The third-order valence-corrected chi connectivity index (χ3v) is 3.93. The summed E-state index contributed by atoms with van der Waals surface area (Å²) < 4.78 is 3.42. The van der Waals surface area contributed by atoms with Crippen molar-refractivity contribution in [1.82, 2.24) is 14.9 Å². The zero-order valence-corrected chi connectivity index (χ0v) is 12.7. The Balaban J connectivity index is 1.60. The minimum atomic E-state index is 0.807. The van der Waals surface area contributed by atoms with Gasteiger partial charge in [0.15, 0.2) is 0 Å². The highest BCUT2D eigenvalue weighted by atomic mass is 79.9. The first-order chi connectivity index (χ1) is 9.84. The molecule has 0 radical (unpaired) electrons. The highest BCUT2D eigenvalue weighted by molar-refractivity contribution is 9.10. The predicted molar refractivity (Wildman–Crippen MR) is 85.6 cm³/mol. The molecule has 102 valence electrons. The Morgan fingerprint density at radius 1 is 1.10 bits per heavy atom. The number of nitrogens with zero attached hydrogens (tertiary/aromatic N) is 2. The van der Waals surface area contributed by atoms with E-state index in [0.717, 1.165) is 29.8 Å². The molecule has 1 aromatic carbocycles. The van der Waals surface area contributed by atoms with Crippen LogP contribution in [0.25, 0.3) is 10.9 Å². The fourth-order valence-corrected chi connectivity index (χ4v) is 2.89. The minimum absolute atomic E-state index is 0.807. The van der Waals surface area contributed by atoms with Crippen LogP contribution in [0.15, 0.2) is 59.3 Å². The Kier molecular flexibility index (Phi) is 4.14. The van der Waals surface area contributed by atoms with E-state index in [1.807, 2.05) is 24.4 Å². The second kappa shape index (κ2) is 6.20. The van der Waals surface area contributed by atoms with Crippen molar-refractivity contribution in [2.45, 2.75) is 13.1 Å². The van der Waals surface area contributed by atoms with E-state index in [0.29, 0.717) is 0 Å². The first-order valence-electron chi connectivity index (χ1n) is 6.68. The summed E-state index contributed by atoms with van der Waals surface area (Å²) in [5.41, 5.74) is 2.34. The van der Waals surface area contributed by atoms with E-state index in [4.69, 9.17) is 0 Å². The van der Waals surface area contributed by atoms with Gasteiger partial charge in [-0.05, 0) is 34.1 Å². The number of para-hydroxylation sites is 1. The molecule has 0 fully saturated rings. The van der Waals surface area contributed by atoms with Gasteiger partial charge in [-0.1, -0.05) is 24.3 Å². The molecule has 1 N–H and O–H groups in total. The Hall–Kier alpha value is -1.65. The van der Waals surface area contributed by atoms with Crippen molar-refractivity contribution in [2.75, 3.05) is 6.54 Å². The zero-order chi connectivity index (χ0) is 13.8. The second-order valence-electron chi connectivity index (χ2n) is 4.69. The third kappa shape index (κ3) is 2.92. The smallest absolute Gasteiger partial charge is 0.0541 e. The molecule has 2 aromatic heterocycles. The summed E-state index contributed by atoms with van der Waals surface area (Å²) in [5, 5.41) is 4.69. The molecule has 0 aliphatic heterocycles. The quantitative estimate of drug-likeness (QED) is 0.725. The normalized spacial score (nSPS) is 11.1. The molecule has 3 aromatic rings. The lowest BCUT2D eigenvalue weighted by Gasteiger charge is -2.07. The maximum Gasteiger partial charge on any atom is 0.0541 e. The first kappa shape index (κ1) is 13.3. The molecule has 20 heavy (non-hydrogen) atoms. The van der Waals surface area contributed by atoms with Crippen molar-refractivity contribution in [3.05, 3.63) is 65.0 Å². The molecule has 0 saturated carbocycles. The number of fused-ring (bicyclic) bond motifs is 1. The van der Waals surface area contributed by atoms with Gasteiger partial charge in [-0.3, -0.25) is 4.98 Å². The topological polar surface area (TPSA) is 29.9 Å². The van der Waals surface area contributed by atoms with Gasteiger partial charge < -0.3 is 9.88 Å². The van der Waals surface area contributed by atoms with Gasteiger partial charge in [0, 0.05) is 47.4 Å². The van der Waals surface area contributed by atoms with Crippen molar-refractivity contribution < 1.29 is 0 Å². The number of aromatic nitrogens is 2. The van der Waals surface area contributed by atoms with Crippen molar-refractivity contribution in [1.29, 1.82) is 0 Å². The van der Waals surface area contributed by atoms with Crippen LogP contribution in [0.2, 0.25) is 0 Å². The second-order valence-corrected chi connectivity index (χ2v) is 5.54. The number of halogens is 1. The van der Waals surface area contributed by atoms with Gasteiger partial charge >= 0.3 is 0 Å². The summed E-state index contributed by atoms with van der Waals surface area (Å²) in [6.07, 6.45) is 3.97. The van der Waals surface area contributed by atoms with Crippen LogP contribution in [0.4, 0.5) is 0 Å². The molecular formula is C16H16BrN3. The average molecular weight is 330 g/mol. The number of pyridine rings is 1. The summed E-state index contributed by atoms with van der Waals surface area (Å²) >= 11 is 3.61. The van der Waals surface area contributed by atoms with Crippen molar-refractivity contribution in [3.63, 3.8) is 0 Å². The fourth-order valence-electron chi connectivity index (χ4n) is 2.31. The molecule has 0 amide bonds. The van der Waals surface area contributed by atoms with Crippen LogP contribution in [-0.2, 0) is 13.1 Å². The standard InChI is InChI=1S/C16H16BrN3/c17-15-12-20(16-7-2-1-6-14(15)16)10-9-18-11-13-5-3-4-8-19-13/h1-8,12,18H,9-11H2. The number of hydrogen-bond acceptors (Lipinski definition) is 2. The van der Waals surface area contributed by atoms with E-state index in [1.54, 1.807) is 0 Å². The molecule has 0 bridgehead atoms. The Labute approximate surface area is 126 Å². The summed E-state index contributed by atoms with van der Waals surface area (Å²) in [6, 6.07) is 14.4. The molecule has 0 aliphatic rings. The molecule has 0 atom stereocenters. The summed E-state index contributed by atoms with van der Waals surface area (Å²) in [7, 11) is 0. The van der Waals surface area contributed by atoms with E-state index in [2.05, 4.69) is 61.3 Å². The lowest BCUT2D eigenvalue weighted by molar-refractivity contribution is 0.603. The maximum atomic E-state index is 4.30. The van der Waals surface area contributed by atoms with E-state index < -0.39 is 0 Å². The molecule has 2 heterocycles. The fraction of sp³-hybridized carbons (Fsp3) is 0.188. The third-order valence-electron chi connectivity index (χ3n) is 3.30. The maximum absolute atomic E-state index is 4.30. The number of rotatable bonds is 5. The monoisotopic (exact) mass is 329 g/mol. The van der Waals surface area contributed by atoms with Gasteiger partial charge in [-0.15, -0.1) is 0 Å². The molecule has 4 heteroatoms. The average Bonchev–Trinajstić information content (AvgIpc) is 2.82.